The molecular formula is C74H93F4N3O2. The molecule has 1 aliphatic heterocycles. The maximum Gasteiger partial charge on any atom is 0.217 e. The molecule has 2 heterocycles. The van der Waals surface area contributed by atoms with Crippen LogP contribution in [-0.2, 0) is 16.0 Å². The summed E-state index contributed by atoms with van der Waals surface area (Å²) in [6, 6.07) is 13.2. The van der Waals surface area contributed by atoms with Crippen molar-refractivity contribution >= 4 is 28.7 Å². The van der Waals surface area contributed by atoms with Gasteiger partial charge in [0.05, 0.1) is 12.1 Å². The second kappa shape index (κ2) is 23.4. The summed E-state index contributed by atoms with van der Waals surface area (Å²) in [7, 11) is 0. The monoisotopic (exact) mass is 1130 g/mol. The van der Waals surface area contributed by atoms with Gasteiger partial charge in [-0.1, -0.05) is 103 Å². The van der Waals surface area contributed by atoms with Gasteiger partial charge >= 0.3 is 0 Å². The number of allylic oxidation sites excluding steroid dienone is 2. The summed E-state index contributed by atoms with van der Waals surface area (Å²) in [5.41, 5.74) is 9.02. The fourth-order valence-electron chi connectivity index (χ4n) is 20.7. The molecule has 3 aromatic carbocycles. The van der Waals surface area contributed by atoms with E-state index in [1.165, 1.54) is 87.5 Å². The van der Waals surface area contributed by atoms with Gasteiger partial charge in [-0.25, -0.2) is 17.6 Å². The topological polar surface area (TPSA) is 65.2 Å². The Bertz CT molecular complexity index is 3170. The summed E-state index contributed by atoms with van der Waals surface area (Å²) in [4.78, 5) is 32.4. The first-order valence-electron chi connectivity index (χ1n) is 33.4. The van der Waals surface area contributed by atoms with Crippen LogP contribution in [0.2, 0.25) is 0 Å². The third-order valence-electron chi connectivity index (χ3n) is 24.3. The van der Waals surface area contributed by atoms with E-state index in [0.717, 1.165) is 117 Å². The maximum absolute atomic E-state index is 17.5. The summed E-state index contributed by atoms with van der Waals surface area (Å²) in [5.74, 6) is -0.488. The molecule has 1 amide bonds. The van der Waals surface area contributed by atoms with E-state index < -0.39 is 29.4 Å². The first-order chi connectivity index (χ1) is 40.2. The molecule has 9 heteroatoms. The number of hydrogen-bond acceptors (Lipinski definition) is 3. The highest BCUT2D eigenvalue weighted by Crippen LogP contribution is 2.66. The van der Waals surface area contributed by atoms with Crippen molar-refractivity contribution in [2.75, 3.05) is 0 Å². The summed E-state index contributed by atoms with van der Waals surface area (Å²) in [5, 5.41) is 4.40. The van der Waals surface area contributed by atoms with E-state index in [1.54, 1.807) is 26.0 Å². The van der Waals surface area contributed by atoms with Crippen molar-refractivity contribution in [3.8, 4) is 0 Å². The number of nitrogens with one attached hydrogen (secondary N) is 2. The Balaban J connectivity index is 0.854. The van der Waals surface area contributed by atoms with Gasteiger partial charge in [-0.05, 0) is 238 Å². The van der Waals surface area contributed by atoms with Crippen LogP contribution < -0.4 is 5.32 Å². The van der Waals surface area contributed by atoms with E-state index >= 15 is 17.6 Å². The Morgan fingerprint density at radius 1 is 0.711 bits per heavy atom. The van der Waals surface area contributed by atoms with Crippen molar-refractivity contribution in [3.63, 3.8) is 0 Å². The lowest BCUT2D eigenvalue weighted by Crippen LogP contribution is -2.47. The van der Waals surface area contributed by atoms with Crippen molar-refractivity contribution in [1.82, 2.24) is 15.2 Å². The minimum atomic E-state index is -0.589. The lowest BCUT2D eigenvalue weighted by molar-refractivity contribution is -0.120. The molecule has 7 saturated carbocycles. The summed E-state index contributed by atoms with van der Waals surface area (Å²) < 4.78 is 68.7. The SMILES string of the molecule is C=C([C@@H](CC(C)=O)C1CCCCC1)N1[C@H](C2=Cc3cc([C@H]4CC[C@H](c5cc6cc([C@@H]7C[C@@H]8CCC[C@@H]8C7(C)/C(=C\C)[C@@H](NC(C)=O)C7CCCCC7)[nH]c6cc5F)C4c4cc(F)c(C5CCCCC5)c(F)c4)c(F)cc3C2)C[C@@H]2CCC[C@@H]21. The van der Waals surface area contributed by atoms with Crippen molar-refractivity contribution in [1.29, 1.82) is 0 Å². The number of nitrogens with zero attached hydrogens (tertiary/aromatic N) is 1. The number of halogens is 4. The van der Waals surface area contributed by atoms with Gasteiger partial charge in [0.15, 0.2) is 0 Å². The number of amides is 1. The van der Waals surface area contributed by atoms with Crippen LogP contribution in [0.25, 0.3) is 17.0 Å². The van der Waals surface area contributed by atoms with Crippen LogP contribution in [0, 0.1) is 64.2 Å². The highest BCUT2D eigenvalue weighted by Gasteiger charge is 2.58. The quantitative estimate of drug-likeness (QED) is 0.0921. The molecule has 2 unspecified atom stereocenters. The van der Waals surface area contributed by atoms with Crippen LogP contribution in [0.5, 0.6) is 0 Å². The first-order valence-corrected chi connectivity index (χ1v) is 33.4. The van der Waals surface area contributed by atoms with Gasteiger partial charge in [0.2, 0.25) is 5.91 Å². The summed E-state index contributed by atoms with van der Waals surface area (Å²) >= 11 is 0. The zero-order valence-corrected chi connectivity index (χ0v) is 50.4. The molecule has 1 saturated heterocycles. The Labute approximate surface area is 492 Å². The molecule has 4 aromatic rings. The van der Waals surface area contributed by atoms with Gasteiger partial charge < -0.3 is 20.0 Å². The van der Waals surface area contributed by atoms with E-state index in [9.17, 15) is 9.59 Å². The second-order valence-corrected chi connectivity index (χ2v) is 28.7. The molecule has 12 atom stereocenters. The standard InChI is InChI=1S/C74H93F4N3O2/c1-6-60(73(79-44(4)83)47-22-14-9-15-23-47)74(5)61-26-16-24-48(61)35-62(74)68-39-52-34-59(64(76)41-67(52)80-68)56-29-28-55(71(56)54-37-65(77)72(66(78)38-54)46-20-12-8-13-21-46)58-33-50-31-53(32-51(50)36-63(58)75)70-40-49-25-17-27-69(49)81(70)43(3)57(30-42(2)82)45-18-10-7-11-19-45/h6,31,33-34,36-39,41,45-49,55-57,61-62,69-71,73,80H,3,7-30,32,35,40H2,1-2,4-5H3,(H,79,83)/b60-6-/t48-,49-,55+,56+,57+,61-,62-,69-,70-,71?,73-,74?/m0/s1. The predicted octanol–water partition coefficient (Wildman–Crippen LogP) is 19.0. The zero-order chi connectivity index (χ0) is 57.4. The van der Waals surface area contributed by atoms with Gasteiger partial charge in [0.25, 0.3) is 0 Å². The van der Waals surface area contributed by atoms with Crippen LogP contribution in [0.3, 0.4) is 0 Å². The number of aromatic amines is 1. The number of aromatic nitrogens is 1. The fourth-order valence-corrected chi connectivity index (χ4v) is 20.7. The molecule has 8 aliphatic carbocycles. The van der Waals surface area contributed by atoms with E-state index in [-0.39, 0.29) is 64.1 Å². The number of Topliss-reactive ketones (excluding diaryl/α,β-unsaturated/α-hetero) is 1. The number of carbonyl (C=O) groups excluding carboxylic acids is 2. The maximum atomic E-state index is 17.5. The number of carbonyl (C=O) groups is 2. The van der Waals surface area contributed by atoms with Gasteiger partial charge in [0.1, 0.15) is 29.1 Å². The minimum absolute atomic E-state index is 0.0127. The minimum Gasteiger partial charge on any atom is -0.365 e. The molecule has 13 rings (SSSR count). The molecule has 0 spiro atoms. The molecular weight excluding hydrogens is 1040 g/mol. The van der Waals surface area contributed by atoms with Crippen molar-refractivity contribution in [2.45, 2.75) is 249 Å². The Morgan fingerprint density at radius 3 is 2.02 bits per heavy atom. The van der Waals surface area contributed by atoms with Crippen LogP contribution >= 0.6 is 0 Å². The van der Waals surface area contributed by atoms with Crippen LogP contribution in [0.1, 0.15) is 263 Å². The molecule has 8 fully saturated rings. The number of H-pyrrole nitrogens is 1. The Hall–Kier alpha value is -4.92. The normalized spacial score (nSPS) is 31.3. The summed E-state index contributed by atoms with van der Waals surface area (Å²) in [6.45, 7) is 12.9. The highest BCUT2D eigenvalue weighted by atomic mass is 19.1. The summed E-state index contributed by atoms with van der Waals surface area (Å²) in [6.07, 6.45) is 32.2. The molecule has 444 valence electrons. The fraction of sp³-hybridized carbons (Fsp3) is 0.622. The van der Waals surface area contributed by atoms with E-state index in [1.807, 2.05) is 12.1 Å². The van der Waals surface area contributed by atoms with Crippen molar-refractivity contribution in [2.24, 2.45) is 40.9 Å². The number of benzene rings is 3. The molecule has 2 N–H and O–H groups in total. The molecule has 83 heavy (non-hydrogen) atoms. The third kappa shape index (κ3) is 10.4. The van der Waals surface area contributed by atoms with Crippen LogP contribution in [-0.4, -0.2) is 39.7 Å². The largest absolute Gasteiger partial charge is 0.365 e. The molecule has 1 aromatic heterocycles. The third-order valence-corrected chi connectivity index (χ3v) is 24.3. The van der Waals surface area contributed by atoms with E-state index in [0.29, 0.717) is 78.0 Å². The first kappa shape index (κ1) is 57.2. The van der Waals surface area contributed by atoms with Crippen molar-refractivity contribution < 1.29 is 27.2 Å². The van der Waals surface area contributed by atoms with Gasteiger partial charge in [-0.2, -0.15) is 0 Å². The number of hydrogen-bond donors (Lipinski definition) is 2. The number of likely N-dealkylation sites (tertiary alicyclic amines) is 1. The molecule has 9 aliphatic rings. The number of ketones is 1. The number of rotatable bonds is 15. The van der Waals surface area contributed by atoms with Gasteiger partial charge in [0, 0.05) is 64.5 Å². The Kier molecular flexibility index (Phi) is 16.1. The average Bonchev–Trinajstić information content (AvgIpc) is 2.18. The smallest absolute Gasteiger partial charge is 0.217 e. The van der Waals surface area contributed by atoms with Crippen LogP contribution in [0.4, 0.5) is 17.6 Å². The molecule has 0 bridgehead atoms. The predicted molar refractivity (Wildman–Crippen MR) is 326 cm³/mol. The molecule has 5 nitrogen and oxygen atoms in total. The van der Waals surface area contributed by atoms with E-state index in [2.05, 4.69) is 47.3 Å². The van der Waals surface area contributed by atoms with E-state index in [4.69, 9.17) is 6.58 Å². The molecule has 0 radical (unpaired) electrons. The highest BCUT2D eigenvalue weighted by molar-refractivity contribution is 5.82. The number of fused-ring (bicyclic) bond motifs is 4. The van der Waals surface area contributed by atoms with Crippen molar-refractivity contribution in [3.05, 3.63) is 134 Å². The van der Waals surface area contributed by atoms with Crippen LogP contribution in [0.15, 0.2) is 72.0 Å². The lowest BCUT2D eigenvalue weighted by Gasteiger charge is -2.45. The average molecular weight is 1130 g/mol. The lowest BCUT2D eigenvalue weighted by atomic mass is 9.62. The second-order valence-electron chi connectivity index (χ2n) is 28.7. The zero-order valence-electron chi connectivity index (χ0n) is 50.4. The van der Waals surface area contributed by atoms with Gasteiger partial charge in [-0.15, -0.1) is 0 Å². The van der Waals surface area contributed by atoms with Gasteiger partial charge in [-0.3, -0.25) is 4.79 Å². The Morgan fingerprint density at radius 2 is 1.35 bits per heavy atom.